The molecule has 2 heterocycles. The number of carboxylic acids is 1. The quantitative estimate of drug-likeness (QED) is 0.859. The zero-order chi connectivity index (χ0) is 14.5. The average Bonchev–Trinajstić information content (AvgIpc) is 2.47. The molecule has 5 nitrogen and oxygen atoms in total. The van der Waals surface area contributed by atoms with Crippen molar-refractivity contribution in [1.29, 1.82) is 0 Å². The van der Waals surface area contributed by atoms with Crippen LogP contribution in [0.3, 0.4) is 0 Å². The van der Waals surface area contributed by atoms with Crippen LogP contribution in [0.25, 0.3) is 0 Å². The first-order valence-electron chi connectivity index (χ1n) is 7.27. The van der Waals surface area contributed by atoms with Crippen molar-refractivity contribution < 1.29 is 9.90 Å². The van der Waals surface area contributed by atoms with Gasteiger partial charge in [0.2, 0.25) is 0 Å². The highest BCUT2D eigenvalue weighted by Gasteiger charge is 2.21. The van der Waals surface area contributed by atoms with Crippen molar-refractivity contribution in [3.63, 3.8) is 0 Å². The van der Waals surface area contributed by atoms with E-state index in [1.807, 2.05) is 14.0 Å². The second kappa shape index (κ2) is 6.70. The van der Waals surface area contributed by atoms with Gasteiger partial charge in [-0.15, -0.1) is 0 Å². The minimum Gasteiger partial charge on any atom is -0.478 e. The van der Waals surface area contributed by atoms with Gasteiger partial charge >= 0.3 is 5.97 Å². The lowest BCUT2D eigenvalue weighted by Crippen LogP contribution is -2.39. The van der Waals surface area contributed by atoms with E-state index in [0.29, 0.717) is 11.5 Å². The zero-order valence-corrected chi connectivity index (χ0v) is 12.2. The van der Waals surface area contributed by atoms with Crippen molar-refractivity contribution in [2.75, 3.05) is 31.6 Å². The van der Waals surface area contributed by atoms with Crippen LogP contribution in [0.15, 0.2) is 12.1 Å². The SMILES string of the molecule is CCc1cc(C(=O)O)cc(N2CCCC(CNC)C2)n1. The average molecular weight is 277 g/mol. The maximum Gasteiger partial charge on any atom is 0.335 e. The predicted octanol–water partition coefficient (Wildman–Crippen LogP) is 1.78. The summed E-state index contributed by atoms with van der Waals surface area (Å²) in [7, 11) is 1.97. The number of aromatic carboxylic acids is 1. The molecule has 0 radical (unpaired) electrons. The Hall–Kier alpha value is -1.62. The predicted molar refractivity (Wildman–Crippen MR) is 79.4 cm³/mol. The van der Waals surface area contributed by atoms with Crippen LogP contribution in [0.5, 0.6) is 0 Å². The van der Waals surface area contributed by atoms with Crippen molar-refractivity contribution in [1.82, 2.24) is 10.3 Å². The molecule has 0 aromatic carbocycles. The lowest BCUT2D eigenvalue weighted by molar-refractivity contribution is 0.0696. The molecule has 1 unspecified atom stereocenters. The normalized spacial score (nSPS) is 19.1. The first-order chi connectivity index (χ1) is 9.63. The Morgan fingerprint density at radius 1 is 1.55 bits per heavy atom. The summed E-state index contributed by atoms with van der Waals surface area (Å²) in [5.74, 6) is 0.531. The van der Waals surface area contributed by atoms with Crippen LogP contribution >= 0.6 is 0 Å². The smallest absolute Gasteiger partial charge is 0.335 e. The Bertz CT molecular complexity index is 474. The molecule has 0 amide bonds. The molecule has 0 spiro atoms. The highest BCUT2D eigenvalue weighted by atomic mass is 16.4. The number of piperidine rings is 1. The fraction of sp³-hybridized carbons (Fsp3) is 0.600. The number of nitrogens with one attached hydrogen (secondary N) is 1. The maximum atomic E-state index is 11.2. The zero-order valence-electron chi connectivity index (χ0n) is 12.2. The number of nitrogens with zero attached hydrogens (tertiary/aromatic N) is 2. The van der Waals surface area contributed by atoms with Crippen molar-refractivity contribution in [3.05, 3.63) is 23.4 Å². The summed E-state index contributed by atoms with van der Waals surface area (Å²) in [6, 6.07) is 3.37. The number of hydrogen-bond donors (Lipinski definition) is 2. The third kappa shape index (κ3) is 3.48. The summed E-state index contributed by atoms with van der Waals surface area (Å²) in [5, 5.41) is 12.4. The second-order valence-electron chi connectivity index (χ2n) is 5.38. The van der Waals surface area contributed by atoms with Gasteiger partial charge in [0, 0.05) is 18.8 Å². The molecule has 1 aromatic rings. The first-order valence-corrected chi connectivity index (χ1v) is 7.27. The van der Waals surface area contributed by atoms with E-state index in [2.05, 4.69) is 15.2 Å². The van der Waals surface area contributed by atoms with Crippen LogP contribution in [-0.4, -0.2) is 42.7 Å². The Morgan fingerprint density at radius 2 is 2.35 bits per heavy atom. The Kier molecular flexibility index (Phi) is 4.95. The Morgan fingerprint density at radius 3 is 3.00 bits per heavy atom. The third-order valence-corrected chi connectivity index (χ3v) is 3.81. The van der Waals surface area contributed by atoms with E-state index in [1.165, 1.54) is 6.42 Å². The van der Waals surface area contributed by atoms with Crippen LogP contribution in [0, 0.1) is 5.92 Å². The minimum atomic E-state index is -0.882. The molecule has 1 saturated heterocycles. The Labute approximate surface area is 120 Å². The monoisotopic (exact) mass is 277 g/mol. The van der Waals surface area contributed by atoms with Crippen LogP contribution < -0.4 is 10.2 Å². The van der Waals surface area contributed by atoms with Gasteiger partial charge in [0.15, 0.2) is 0 Å². The molecule has 110 valence electrons. The molecule has 0 saturated carbocycles. The molecule has 2 N–H and O–H groups in total. The van der Waals surface area contributed by atoms with Crippen molar-refractivity contribution in [3.8, 4) is 0 Å². The van der Waals surface area contributed by atoms with E-state index in [0.717, 1.165) is 44.0 Å². The molecule has 1 aliphatic heterocycles. The highest BCUT2D eigenvalue weighted by Crippen LogP contribution is 2.23. The van der Waals surface area contributed by atoms with E-state index < -0.39 is 5.97 Å². The fourth-order valence-corrected chi connectivity index (χ4v) is 2.77. The van der Waals surface area contributed by atoms with Gasteiger partial charge in [0.1, 0.15) is 5.82 Å². The van der Waals surface area contributed by atoms with E-state index in [9.17, 15) is 9.90 Å². The van der Waals surface area contributed by atoms with Gasteiger partial charge in [-0.25, -0.2) is 9.78 Å². The summed E-state index contributed by atoms with van der Waals surface area (Å²) >= 11 is 0. The number of carbonyl (C=O) groups is 1. The number of rotatable bonds is 5. The molecular weight excluding hydrogens is 254 g/mol. The molecule has 0 bridgehead atoms. The molecule has 5 heteroatoms. The topological polar surface area (TPSA) is 65.5 Å². The highest BCUT2D eigenvalue weighted by molar-refractivity contribution is 5.88. The summed E-state index contributed by atoms with van der Waals surface area (Å²) in [4.78, 5) is 18.0. The largest absolute Gasteiger partial charge is 0.478 e. The third-order valence-electron chi connectivity index (χ3n) is 3.81. The number of aromatic nitrogens is 1. The van der Waals surface area contributed by atoms with Gasteiger partial charge in [0.05, 0.1) is 5.56 Å². The lowest BCUT2D eigenvalue weighted by Gasteiger charge is -2.33. The van der Waals surface area contributed by atoms with Crippen LogP contribution in [0.2, 0.25) is 0 Å². The fourth-order valence-electron chi connectivity index (χ4n) is 2.77. The van der Waals surface area contributed by atoms with Crippen LogP contribution in [0.1, 0.15) is 35.8 Å². The summed E-state index contributed by atoms with van der Waals surface area (Å²) in [6.07, 6.45) is 3.10. The maximum absolute atomic E-state index is 11.2. The van der Waals surface area contributed by atoms with Gasteiger partial charge in [-0.3, -0.25) is 0 Å². The van der Waals surface area contributed by atoms with Gasteiger partial charge in [0.25, 0.3) is 0 Å². The number of pyridine rings is 1. The van der Waals surface area contributed by atoms with E-state index >= 15 is 0 Å². The van der Waals surface area contributed by atoms with E-state index in [-0.39, 0.29) is 0 Å². The summed E-state index contributed by atoms with van der Waals surface area (Å²) in [6.45, 7) is 4.90. The lowest BCUT2D eigenvalue weighted by atomic mass is 9.98. The molecule has 1 atom stereocenters. The van der Waals surface area contributed by atoms with Crippen molar-refractivity contribution in [2.45, 2.75) is 26.2 Å². The summed E-state index contributed by atoms with van der Waals surface area (Å²) in [5.41, 5.74) is 1.18. The van der Waals surface area contributed by atoms with Crippen molar-refractivity contribution >= 4 is 11.8 Å². The van der Waals surface area contributed by atoms with E-state index in [1.54, 1.807) is 12.1 Å². The number of aryl methyl sites for hydroxylation is 1. The van der Waals surface area contributed by atoms with Gasteiger partial charge < -0.3 is 15.3 Å². The molecule has 1 fully saturated rings. The number of anilines is 1. The minimum absolute atomic E-state index is 0.336. The molecule has 20 heavy (non-hydrogen) atoms. The van der Waals surface area contributed by atoms with Gasteiger partial charge in [-0.2, -0.15) is 0 Å². The number of hydrogen-bond acceptors (Lipinski definition) is 4. The standard InChI is InChI=1S/C15H23N3O2/c1-3-13-7-12(15(19)20)8-14(17-13)18-6-4-5-11(10-18)9-16-2/h7-8,11,16H,3-6,9-10H2,1-2H3,(H,19,20). The number of carboxylic acid groups (broad SMARTS) is 1. The van der Waals surface area contributed by atoms with Crippen LogP contribution in [0.4, 0.5) is 5.82 Å². The molecular formula is C15H23N3O2. The molecule has 1 aromatic heterocycles. The Balaban J connectivity index is 2.22. The molecule has 1 aliphatic rings. The van der Waals surface area contributed by atoms with Crippen molar-refractivity contribution in [2.24, 2.45) is 5.92 Å². The molecule has 2 rings (SSSR count). The van der Waals surface area contributed by atoms with E-state index in [4.69, 9.17) is 0 Å². The van der Waals surface area contributed by atoms with Gasteiger partial charge in [-0.1, -0.05) is 6.92 Å². The first kappa shape index (κ1) is 14.8. The van der Waals surface area contributed by atoms with Crippen LogP contribution in [-0.2, 0) is 6.42 Å². The van der Waals surface area contributed by atoms with Gasteiger partial charge in [-0.05, 0) is 50.9 Å². The summed E-state index contributed by atoms with van der Waals surface area (Å²) < 4.78 is 0. The molecule has 0 aliphatic carbocycles. The second-order valence-corrected chi connectivity index (χ2v) is 5.38.